The molecule has 3 rings (SSSR count). The van der Waals surface area contributed by atoms with Crippen LogP contribution in [-0.4, -0.2) is 25.1 Å². The number of aryl methyl sites for hydroxylation is 1. The van der Waals surface area contributed by atoms with Gasteiger partial charge in [0.2, 0.25) is 0 Å². The van der Waals surface area contributed by atoms with E-state index in [-0.39, 0.29) is 18.0 Å². The minimum Gasteiger partial charge on any atom is -0.496 e. The lowest BCUT2D eigenvalue weighted by Crippen LogP contribution is -2.31. The molecular weight excluding hydrogens is 342 g/mol. The largest absolute Gasteiger partial charge is 0.496 e. The number of nitrogens with one attached hydrogen (secondary N) is 3. The molecule has 142 valence electrons. The van der Waals surface area contributed by atoms with Crippen LogP contribution in [0.4, 0.5) is 10.5 Å². The lowest BCUT2D eigenvalue weighted by Gasteiger charge is -2.18. The van der Waals surface area contributed by atoms with E-state index in [1.54, 1.807) is 31.4 Å². The maximum atomic E-state index is 12.4. The van der Waals surface area contributed by atoms with Crippen LogP contribution in [0, 0.1) is 6.92 Å². The van der Waals surface area contributed by atoms with Crippen LogP contribution in [0.15, 0.2) is 42.5 Å². The summed E-state index contributed by atoms with van der Waals surface area (Å²) in [5, 5.41) is 8.64. The van der Waals surface area contributed by atoms with Gasteiger partial charge in [0, 0.05) is 22.9 Å². The van der Waals surface area contributed by atoms with Gasteiger partial charge in [0.25, 0.3) is 5.91 Å². The van der Waals surface area contributed by atoms with E-state index in [1.807, 2.05) is 32.0 Å². The number of amides is 3. The molecule has 1 fully saturated rings. The van der Waals surface area contributed by atoms with Crippen LogP contribution >= 0.6 is 0 Å². The first-order chi connectivity index (χ1) is 13.0. The molecule has 1 atom stereocenters. The molecule has 1 unspecified atom stereocenters. The van der Waals surface area contributed by atoms with Gasteiger partial charge in [-0.2, -0.15) is 0 Å². The summed E-state index contributed by atoms with van der Waals surface area (Å²) < 4.78 is 5.38. The summed E-state index contributed by atoms with van der Waals surface area (Å²) in [6, 6.07) is 12.5. The third-order valence-electron chi connectivity index (χ3n) is 4.49. The molecule has 1 aliphatic rings. The van der Waals surface area contributed by atoms with Crippen molar-refractivity contribution in [2.24, 2.45) is 0 Å². The molecule has 0 aromatic heterocycles. The van der Waals surface area contributed by atoms with Crippen molar-refractivity contribution >= 4 is 17.6 Å². The highest BCUT2D eigenvalue weighted by Gasteiger charge is 2.24. The van der Waals surface area contributed by atoms with Crippen LogP contribution in [-0.2, 0) is 0 Å². The number of carbonyl (C=O) groups excluding carboxylic acids is 2. The Balaban J connectivity index is 1.63. The number of ether oxygens (including phenoxy) is 1. The molecular formula is C21H25N3O3. The van der Waals surface area contributed by atoms with Crippen LogP contribution in [0.1, 0.15) is 47.3 Å². The number of rotatable bonds is 6. The van der Waals surface area contributed by atoms with Crippen molar-refractivity contribution in [1.29, 1.82) is 0 Å². The standard InChI is InChI=1S/C21H25N3O3/c1-13-7-10-19(27-3)18(11-13)14(2)22-21(26)24-17-6-4-5-15(12-17)20(25)23-16-8-9-16/h4-7,10-12,14,16H,8-9H2,1-3H3,(H,23,25)(H2,22,24,26). The van der Waals surface area contributed by atoms with Gasteiger partial charge in [0.05, 0.1) is 13.2 Å². The minimum atomic E-state index is -0.342. The van der Waals surface area contributed by atoms with Crippen molar-refractivity contribution in [3.63, 3.8) is 0 Å². The van der Waals surface area contributed by atoms with Gasteiger partial charge < -0.3 is 20.7 Å². The molecule has 6 nitrogen and oxygen atoms in total. The zero-order valence-corrected chi connectivity index (χ0v) is 15.8. The van der Waals surface area contributed by atoms with Crippen molar-refractivity contribution < 1.29 is 14.3 Å². The van der Waals surface area contributed by atoms with Crippen LogP contribution in [0.25, 0.3) is 0 Å². The number of methoxy groups -OCH3 is 1. The molecule has 2 aromatic rings. The highest BCUT2D eigenvalue weighted by atomic mass is 16.5. The van der Waals surface area contributed by atoms with Gasteiger partial charge in [-0.1, -0.05) is 23.8 Å². The molecule has 3 N–H and O–H groups in total. The number of hydrogen-bond acceptors (Lipinski definition) is 3. The smallest absolute Gasteiger partial charge is 0.319 e. The number of carbonyl (C=O) groups is 2. The SMILES string of the molecule is COc1ccc(C)cc1C(C)NC(=O)Nc1cccc(C(=O)NC2CC2)c1. The van der Waals surface area contributed by atoms with Gasteiger partial charge in [-0.05, 0) is 51.0 Å². The maximum Gasteiger partial charge on any atom is 0.319 e. The molecule has 3 amide bonds. The van der Waals surface area contributed by atoms with Crippen molar-refractivity contribution in [3.8, 4) is 5.75 Å². The van der Waals surface area contributed by atoms with Gasteiger partial charge in [-0.15, -0.1) is 0 Å². The average molecular weight is 367 g/mol. The summed E-state index contributed by atoms with van der Waals surface area (Å²) in [6.45, 7) is 3.89. The van der Waals surface area contributed by atoms with E-state index in [1.165, 1.54) is 0 Å². The fraction of sp³-hybridized carbons (Fsp3) is 0.333. The maximum absolute atomic E-state index is 12.4. The Kier molecular flexibility index (Phi) is 5.64. The molecule has 6 heteroatoms. The van der Waals surface area contributed by atoms with E-state index < -0.39 is 0 Å². The van der Waals surface area contributed by atoms with Crippen LogP contribution < -0.4 is 20.7 Å². The zero-order valence-electron chi connectivity index (χ0n) is 15.8. The molecule has 27 heavy (non-hydrogen) atoms. The third-order valence-corrected chi connectivity index (χ3v) is 4.49. The Bertz CT molecular complexity index is 846. The Morgan fingerprint density at radius 1 is 1.15 bits per heavy atom. The Morgan fingerprint density at radius 3 is 2.63 bits per heavy atom. The summed E-state index contributed by atoms with van der Waals surface area (Å²) >= 11 is 0. The fourth-order valence-corrected chi connectivity index (χ4v) is 2.87. The van der Waals surface area contributed by atoms with Gasteiger partial charge >= 0.3 is 6.03 Å². The molecule has 1 saturated carbocycles. The number of hydrogen-bond donors (Lipinski definition) is 3. The van der Waals surface area contributed by atoms with E-state index in [9.17, 15) is 9.59 Å². The van der Waals surface area contributed by atoms with E-state index in [0.29, 0.717) is 17.3 Å². The fourth-order valence-electron chi connectivity index (χ4n) is 2.87. The summed E-state index contributed by atoms with van der Waals surface area (Å²) in [7, 11) is 1.61. The van der Waals surface area contributed by atoms with Gasteiger partial charge in [-0.25, -0.2) is 4.79 Å². The summed E-state index contributed by atoms with van der Waals surface area (Å²) in [6.07, 6.45) is 2.07. The number of urea groups is 1. The second kappa shape index (κ2) is 8.12. The van der Waals surface area contributed by atoms with Crippen molar-refractivity contribution in [2.75, 3.05) is 12.4 Å². The first-order valence-corrected chi connectivity index (χ1v) is 9.09. The van der Waals surface area contributed by atoms with E-state index in [2.05, 4.69) is 16.0 Å². The molecule has 0 radical (unpaired) electrons. The van der Waals surface area contributed by atoms with Crippen LogP contribution in [0.2, 0.25) is 0 Å². The summed E-state index contributed by atoms with van der Waals surface area (Å²) in [5.74, 6) is 0.617. The predicted octanol–water partition coefficient (Wildman–Crippen LogP) is 3.78. The van der Waals surface area contributed by atoms with Crippen LogP contribution in [0.5, 0.6) is 5.75 Å². The molecule has 0 spiro atoms. The molecule has 0 bridgehead atoms. The van der Waals surface area contributed by atoms with E-state index >= 15 is 0 Å². The summed E-state index contributed by atoms with van der Waals surface area (Å²) in [4.78, 5) is 24.5. The molecule has 0 saturated heterocycles. The first kappa shape index (κ1) is 18.8. The topological polar surface area (TPSA) is 79.5 Å². The van der Waals surface area contributed by atoms with Crippen molar-refractivity contribution in [2.45, 2.75) is 38.8 Å². The van der Waals surface area contributed by atoms with Gasteiger partial charge in [-0.3, -0.25) is 4.79 Å². The highest BCUT2D eigenvalue weighted by Crippen LogP contribution is 2.26. The van der Waals surface area contributed by atoms with Crippen molar-refractivity contribution in [1.82, 2.24) is 10.6 Å². The quantitative estimate of drug-likeness (QED) is 0.727. The normalized spacial score (nSPS) is 14.2. The number of anilines is 1. The molecule has 1 aliphatic carbocycles. The third kappa shape index (κ3) is 5.00. The molecule has 0 aliphatic heterocycles. The van der Waals surface area contributed by atoms with Gasteiger partial charge in [0.1, 0.15) is 5.75 Å². The van der Waals surface area contributed by atoms with E-state index in [0.717, 1.165) is 29.7 Å². The predicted molar refractivity (Wildman–Crippen MR) is 105 cm³/mol. The van der Waals surface area contributed by atoms with Crippen molar-refractivity contribution in [3.05, 3.63) is 59.2 Å². The highest BCUT2D eigenvalue weighted by molar-refractivity contribution is 5.97. The van der Waals surface area contributed by atoms with Crippen LogP contribution in [0.3, 0.4) is 0 Å². The zero-order chi connectivity index (χ0) is 19.4. The second-order valence-electron chi connectivity index (χ2n) is 6.89. The Hall–Kier alpha value is -3.02. The lowest BCUT2D eigenvalue weighted by molar-refractivity contribution is 0.0951. The first-order valence-electron chi connectivity index (χ1n) is 9.09. The summed E-state index contributed by atoms with van der Waals surface area (Å²) in [5.41, 5.74) is 3.10. The Morgan fingerprint density at radius 2 is 1.93 bits per heavy atom. The number of benzene rings is 2. The van der Waals surface area contributed by atoms with Gasteiger partial charge in [0.15, 0.2) is 0 Å². The molecule has 2 aromatic carbocycles. The average Bonchev–Trinajstić information content (AvgIpc) is 3.45. The lowest BCUT2D eigenvalue weighted by atomic mass is 10.0. The van der Waals surface area contributed by atoms with E-state index in [4.69, 9.17) is 4.74 Å². The monoisotopic (exact) mass is 367 g/mol. The Labute approximate surface area is 159 Å². The molecule has 0 heterocycles. The second-order valence-corrected chi connectivity index (χ2v) is 6.89. The minimum absolute atomic E-state index is 0.112.